The van der Waals surface area contributed by atoms with E-state index in [0.29, 0.717) is 26.4 Å². The van der Waals surface area contributed by atoms with Gasteiger partial charge in [-0.2, -0.15) is 0 Å². The molecule has 2 aliphatic heterocycles. The molecule has 1 aromatic carbocycles. The van der Waals surface area contributed by atoms with Gasteiger partial charge in [0.05, 0.1) is 25.9 Å². The number of carbonyl (C=O) groups excluding carboxylic acids is 1. The first kappa shape index (κ1) is 15.3. The molecule has 2 saturated heterocycles. The maximum atomic E-state index is 11.6. The van der Waals surface area contributed by atoms with Gasteiger partial charge in [0.25, 0.3) is 0 Å². The van der Waals surface area contributed by atoms with Crippen LogP contribution in [0.4, 0.5) is 4.79 Å². The number of carbonyl (C=O) groups is 1. The number of rotatable bonds is 5. The van der Waals surface area contributed by atoms with E-state index in [9.17, 15) is 4.79 Å². The number of benzene rings is 1. The summed E-state index contributed by atoms with van der Waals surface area (Å²) in [5.74, 6) is 0. The second-order valence-corrected chi connectivity index (χ2v) is 5.54. The van der Waals surface area contributed by atoms with Crippen LogP contribution in [0.3, 0.4) is 0 Å². The monoisotopic (exact) mass is 306 g/mol. The Labute approximate surface area is 130 Å². The Morgan fingerprint density at radius 3 is 2.77 bits per heavy atom. The SMILES string of the molecule is CCNC(=O)N[C@@H]1CO[C@@H]2[C@@H]1OC[C@H]2OCc1ccccc1. The molecule has 22 heavy (non-hydrogen) atoms. The molecular formula is C16H22N2O4. The third kappa shape index (κ3) is 3.40. The lowest BCUT2D eigenvalue weighted by Crippen LogP contribution is -2.48. The van der Waals surface area contributed by atoms with Crippen LogP contribution in [-0.2, 0) is 20.8 Å². The fourth-order valence-electron chi connectivity index (χ4n) is 2.89. The summed E-state index contributed by atoms with van der Waals surface area (Å²) in [6.45, 7) is 3.97. The molecule has 2 amide bonds. The number of hydrogen-bond acceptors (Lipinski definition) is 4. The van der Waals surface area contributed by atoms with Crippen molar-refractivity contribution >= 4 is 6.03 Å². The van der Waals surface area contributed by atoms with Crippen LogP contribution in [-0.4, -0.2) is 50.1 Å². The number of hydrogen-bond donors (Lipinski definition) is 2. The van der Waals surface area contributed by atoms with Gasteiger partial charge < -0.3 is 24.8 Å². The summed E-state index contributed by atoms with van der Waals surface area (Å²) in [6.07, 6.45) is -0.342. The molecule has 6 heteroatoms. The summed E-state index contributed by atoms with van der Waals surface area (Å²) in [6, 6.07) is 9.71. The summed E-state index contributed by atoms with van der Waals surface area (Å²) in [5, 5.41) is 5.61. The quantitative estimate of drug-likeness (QED) is 0.853. The minimum atomic E-state index is -0.186. The predicted octanol–water partition coefficient (Wildman–Crippen LogP) is 1.06. The van der Waals surface area contributed by atoms with Crippen LogP contribution in [0.1, 0.15) is 12.5 Å². The number of ether oxygens (including phenoxy) is 3. The van der Waals surface area contributed by atoms with Crippen molar-refractivity contribution in [2.45, 2.75) is 37.9 Å². The molecule has 0 spiro atoms. The first-order valence-electron chi connectivity index (χ1n) is 7.71. The third-order valence-electron chi connectivity index (χ3n) is 3.97. The summed E-state index contributed by atoms with van der Waals surface area (Å²) in [5.41, 5.74) is 1.13. The van der Waals surface area contributed by atoms with Crippen molar-refractivity contribution in [2.75, 3.05) is 19.8 Å². The fourth-order valence-corrected chi connectivity index (χ4v) is 2.89. The predicted molar refractivity (Wildman–Crippen MR) is 80.5 cm³/mol. The Morgan fingerprint density at radius 2 is 2.00 bits per heavy atom. The highest BCUT2D eigenvalue weighted by atomic mass is 16.6. The number of fused-ring (bicyclic) bond motifs is 1. The lowest BCUT2D eigenvalue weighted by atomic mass is 10.1. The topological polar surface area (TPSA) is 68.8 Å². The lowest BCUT2D eigenvalue weighted by Gasteiger charge is -2.18. The van der Waals surface area contributed by atoms with Gasteiger partial charge in [0.1, 0.15) is 18.3 Å². The van der Waals surface area contributed by atoms with Gasteiger partial charge in [-0.1, -0.05) is 30.3 Å². The minimum absolute atomic E-state index is 0.0914. The van der Waals surface area contributed by atoms with E-state index in [1.165, 1.54) is 0 Å². The van der Waals surface area contributed by atoms with Gasteiger partial charge in [-0.15, -0.1) is 0 Å². The van der Waals surface area contributed by atoms with E-state index < -0.39 is 0 Å². The zero-order valence-corrected chi connectivity index (χ0v) is 12.7. The molecule has 0 radical (unpaired) electrons. The minimum Gasteiger partial charge on any atom is -0.370 e. The van der Waals surface area contributed by atoms with Gasteiger partial charge in [-0.05, 0) is 12.5 Å². The van der Waals surface area contributed by atoms with Gasteiger partial charge in [0, 0.05) is 6.54 Å². The molecule has 120 valence electrons. The molecule has 0 unspecified atom stereocenters. The molecule has 2 N–H and O–H groups in total. The number of nitrogens with one attached hydrogen (secondary N) is 2. The summed E-state index contributed by atoms with van der Waals surface area (Å²) in [7, 11) is 0. The summed E-state index contributed by atoms with van der Waals surface area (Å²) < 4.78 is 17.5. The zero-order chi connectivity index (χ0) is 15.4. The molecule has 4 atom stereocenters. The standard InChI is InChI=1S/C16H22N2O4/c1-2-17-16(19)18-12-9-21-15-13(10-22-14(12)15)20-8-11-6-4-3-5-7-11/h3-7,12-15H,2,8-10H2,1H3,(H2,17,18,19)/t12-,13-,14-,15+/m1/s1. The van der Waals surface area contributed by atoms with E-state index in [4.69, 9.17) is 14.2 Å². The van der Waals surface area contributed by atoms with Crippen LogP contribution in [0.25, 0.3) is 0 Å². The second kappa shape index (κ2) is 7.09. The van der Waals surface area contributed by atoms with E-state index in [1.54, 1.807) is 0 Å². The molecule has 0 aliphatic carbocycles. The zero-order valence-electron chi connectivity index (χ0n) is 12.7. The van der Waals surface area contributed by atoms with Gasteiger partial charge >= 0.3 is 6.03 Å². The Hall–Kier alpha value is -1.63. The Balaban J connectivity index is 1.50. The molecule has 2 aliphatic rings. The highest BCUT2D eigenvalue weighted by molar-refractivity contribution is 5.74. The smallest absolute Gasteiger partial charge is 0.315 e. The maximum Gasteiger partial charge on any atom is 0.315 e. The van der Waals surface area contributed by atoms with Gasteiger partial charge in [-0.3, -0.25) is 0 Å². The van der Waals surface area contributed by atoms with Crippen LogP contribution in [0.5, 0.6) is 0 Å². The van der Waals surface area contributed by atoms with Gasteiger partial charge in [0.15, 0.2) is 0 Å². The van der Waals surface area contributed by atoms with Crippen molar-refractivity contribution in [3.05, 3.63) is 35.9 Å². The Morgan fingerprint density at radius 1 is 1.23 bits per heavy atom. The summed E-state index contributed by atoms with van der Waals surface area (Å²) >= 11 is 0. The van der Waals surface area contributed by atoms with Crippen molar-refractivity contribution in [3.63, 3.8) is 0 Å². The summed E-state index contributed by atoms with van der Waals surface area (Å²) in [4.78, 5) is 11.6. The molecular weight excluding hydrogens is 284 g/mol. The van der Waals surface area contributed by atoms with Crippen molar-refractivity contribution in [1.82, 2.24) is 10.6 Å². The third-order valence-corrected chi connectivity index (χ3v) is 3.97. The van der Waals surface area contributed by atoms with E-state index in [1.807, 2.05) is 37.3 Å². The average Bonchev–Trinajstić information content (AvgIpc) is 3.10. The lowest BCUT2D eigenvalue weighted by molar-refractivity contribution is -0.0392. The largest absolute Gasteiger partial charge is 0.370 e. The number of urea groups is 1. The van der Waals surface area contributed by atoms with Crippen LogP contribution in [0.2, 0.25) is 0 Å². The van der Waals surface area contributed by atoms with Gasteiger partial charge in [-0.25, -0.2) is 4.79 Å². The van der Waals surface area contributed by atoms with Crippen LogP contribution in [0.15, 0.2) is 30.3 Å². The maximum absolute atomic E-state index is 11.6. The highest BCUT2D eigenvalue weighted by Gasteiger charge is 2.48. The molecule has 0 aromatic heterocycles. The van der Waals surface area contributed by atoms with Crippen molar-refractivity contribution in [1.29, 1.82) is 0 Å². The Kier molecular flexibility index (Phi) is 4.92. The van der Waals surface area contributed by atoms with E-state index >= 15 is 0 Å². The van der Waals surface area contributed by atoms with Crippen LogP contribution in [0, 0.1) is 0 Å². The molecule has 2 fully saturated rings. The van der Waals surface area contributed by atoms with E-state index in [-0.39, 0.29) is 30.4 Å². The van der Waals surface area contributed by atoms with Gasteiger partial charge in [0.2, 0.25) is 0 Å². The van der Waals surface area contributed by atoms with Crippen molar-refractivity contribution < 1.29 is 19.0 Å². The molecule has 2 heterocycles. The van der Waals surface area contributed by atoms with Crippen molar-refractivity contribution in [3.8, 4) is 0 Å². The first-order chi connectivity index (χ1) is 10.8. The molecule has 3 rings (SSSR count). The van der Waals surface area contributed by atoms with E-state index in [2.05, 4.69) is 10.6 Å². The number of amides is 2. The second-order valence-electron chi connectivity index (χ2n) is 5.54. The van der Waals surface area contributed by atoms with Crippen LogP contribution >= 0.6 is 0 Å². The van der Waals surface area contributed by atoms with E-state index in [0.717, 1.165) is 5.56 Å². The molecule has 1 aromatic rings. The molecule has 0 saturated carbocycles. The highest BCUT2D eigenvalue weighted by Crippen LogP contribution is 2.29. The average molecular weight is 306 g/mol. The first-order valence-corrected chi connectivity index (χ1v) is 7.71. The fraction of sp³-hybridized carbons (Fsp3) is 0.562. The van der Waals surface area contributed by atoms with Crippen molar-refractivity contribution in [2.24, 2.45) is 0 Å². The normalized spacial score (nSPS) is 30.0. The Bertz CT molecular complexity index is 496. The molecule has 6 nitrogen and oxygen atoms in total. The molecule has 0 bridgehead atoms. The van der Waals surface area contributed by atoms with Crippen LogP contribution < -0.4 is 10.6 Å².